The normalized spacial score (nSPS) is 10.0. The molecule has 0 saturated heterocycles. The highest BCUT2D eigenvalue weighted by Gasteiger charge is 2.02. The molecule has 0 aliphatic heterocycles. The molecule has 1 heterocycles. The molecular weight excluding hydrogens is 206 g/mol. The van der Waals surface area contributed by atoms with Gasteiger partial charge in [-0.05, 0) is 10.4 Å². The minimum absolute atomic E-state index is 0.0299. The molecule has 0 spiro atoms. The molecule has 0 saturated carbocycles. The number of carbonyl (C=O) groups is 1. The van der Waals surface area contributed by atoms with Crippen molar-refractivity contribution in [2.24, 2.45) is 5.18 Å². The molecule has 1 aromatic rings. The number of hydrogen-bond acceptors (Lipinski definition) is 7. The van der Waals surface area contributed by atoms with E-state index in [0.717, 1.165) is 11.8 Å². The molecule has 1 aromatic heterocycles. The summed E-state index contributed by atoms with van der Waals surface area (Å²) < 4.78 is 1.54. The highest BCUT2D eigenvalue weighted by Crippen LogP contribution is 2.05. The lowest BCUT2D eigenvalue weighted by molar-refractivity contribution is -0.110. The van der Waals surface area contributed by atoms with Crippen molar-refractivity contribution in [1.29, 1.82) is 0 Å². The van der Waals surface area contributed by atoms with Crippen LogP contribution in [0.2, 0.25) is 0 Å². The van der Waals surface area contributed by atoms with Crippen LogP contribution in [-0.2, 0) is 11.3 Å². The van der Waals surface area contributed by atoms with Crippen LogP contribution >= 0.6 is 11.8 Å². The molecule has 0 unspecified atom stereocenters. The number of rotatable bonds is 6. The molecule has 0 radical (unpaired) electrons. The number of aryl methyl sites for hydroxylation is 1. The second-order valence-corrected chi connectivity index (χ2v) is 3.55. The second kappa shape index (κ2) is 6.19. The number of hydrogen-bond donors (Lipinski definition) is 0. The van der Waals surface area contributed by atoms with Gasteiger partial charge in [0.15, 0.2) is 5.12 Å². The number of nitrogens with zero attached hydrogens (tertiary/aromatic N) is 5. The maximum atomic E-state index is 11.0. The number of carbonyl (C=O) groups excluding carboxylic acids is 1. The van der Waals surface area contributed by atoms with Crippen LogP contribution in [0.4, 0.5) is 0 Å². The van der Waals surface area contributed by atoms with Gasteiger partial charge in [-0.2, -0.15) is 4.91 Å². The van der Waals surface area contributed by atoms with Gasteiger partial charge in [0.2, 0.25) is 0 Å². The standard InChI is InChI=1S/C6H9N5O2S/c12-6(1-2-8-13)14-4-3-11-5-7-9-10-11/h5H,1-4H2. The Morgan fingerprint density at radius 2 is 2.43 bits per heavy atom. The third kappa shape index (κ3) is 4.08. The lowest BCUT2D eigenvalue weighted by Crippen LogP contribution is -2.04. The molecule has 8 heteroatoms. The molecule has 14 heavy (non-hydrogen) atoms. The zero-order valence-electron chi connectivity index (χ0n) is 7.37. The predicted octanol–water partition coefficient (Wildman–Crippen LogP) is 0.0894. The molecule has 1 rings (SSSR count). The SMILES string of the molecule is O=NCCC(=O)SCCn1cnnn1. The van der Waals surface area contributed by atoms with Gasteiger partial charge in [0.1, 0.15) is 6.33 Å². The van der Waals surface area contributed by atoms with E-state index >= 15 is 0 Å². The fraction of sp³-hybridized carbons (Fsp3) is 0.667. The van der Waals surface area contributed by atoms with Gasteiger partial charge in [0.25, 0.3) is 0 Å². The molecule has 0 fully saturated rings. The van der Waals surface area contributed by atoms with E-state index in [2.05, 4.69) is 20.7 Å². The summed E-state index contributed by atoms with van der Waals surface area (Å²) in [4.78, 5) is 20.8. The first-order valence-corrected chi connectivity index (χ1v) is 4.97. The van der Waals surface area contributed by atoms with Gasteiger partial charge in [-0.3, -0.25) is 4.79 Å². The fourth-order valence-electron chi connectivity index (χ4n) is 0.745. The summed E-state index contributed by atoms with van der Waals surface area (Å²) in [7, 11) is 0. The summed E-state index contributed by atoms with van der Waals surface area (Å²) >= 11 is 1.16. The van der Waals surface area contributed by atoms with Gasteiger partial charge in [-0.1, -0.05) is 16.9 Å². The quantitative estimate of drug-likeness (QED) is 0.624. The lowest BCUT2D eigenvalue weighted by atomic mass is 10.5. The van der Waals surface area contributed by atoms with Crippen LogP contribution < -0.4 is 0 Å². The molecule has 76 valence electrons. The Kier molecular flexibility index (Phi) is 4.76. The van der Waals surface area contributed by atoms with E-state index in [1.807, 2.05) is 0 Å². The van der Waals surface area contributed by atoms with E-state index < -0.39 is 0 Å². The number of aromatic nitrogens is 4. The van der Waals surface area contributed by atoms with Crippen LogP contribution in [0.15, 0.2) is 11.5 Å². The summed E-state index contributed by atoms with van der Waals surface area (Å²) in [6, 6.07) is 0. The van der Waals surface area contributed by atoms with E-state index in [1.54, 1.807) is 0 Å². The molecule has 0 aliphatic rings. The molecular formula is C6H9N5O2S. The zero-order chi connectivity index (χ0) is 10.2. The topological polar surface area (TPSA) is 90.1 Å². The van der Waals surface area contributed by atoms with Crippen molar-refractivity contribution in [1.82, 2.24) is 20.2 Å². The molecule has 0 atom stereocenters. The van der Waals surface area contributed by atoms with Crippen LogP contribution in [0.25, 0.3) is 0 Å². The second-order valence-electron chi connectivity index (χ2n) is 2.40. The molecule has 0 aromatic carbocycles. The van der Waals surface area contributed by atoms with Crippen LogP contribution in [0.1, 0.15) is 6.42 Å². The van der Waals surface area contributed by atoms with Crippen molar-refractivity contribution < 1.29 is 4.79 Å². The smallest absolute Gasteiger partial charge is 0.190 e. The van der Waals surface area contributed by atoms with Gasteiger partial charge in [0.05, 0.1) is 13.1 Å². The van der Waals surface area contributed by atoms with Crippen LogP contribution in [0, 0.1) is 4.91 Å². The van der Waals surface area contributed by atoms with Crippen molar-refractivity contribution in [2.45, 2.75) is 13.0 Å². The number of tetrazole rings is 1. The summed E-state index contributed by atoms with van der Waals surface area (Å²) in [5, 5.41) is 13.1. The Balaban J connectivity index is 2.09. The van der Waals surface area contributed by atoms with Crippen LogP contribution in [0.5, 0.6) is 0 Å². The highest BCUT2D eigenvalue weighted by atomic mass is 32.2. The summed E-state index contributed by atoms with van der Waals surface area (Å²) in [6.07, 6.45) is 1.68. The van der Waals surface area contributed by atoms with Gasteiger partial charge >= 0.3 is 0 Å². The van der Waals surface area contributed by atoms with Crippen molar-refractivity contribution in [3.05, 3.63) is 11.2 Å². The average Bonchev–Trinajstić information content (AvgIpc) is 2.67. The zero-order valence-corrected chi connectivity index (χ0v) is 8.18. The molecule has 0 amide bonds. The van der Waals surface area contributed by atoms with E-state index in [-0.39, 0.29) is 18.1 Å². The molecule has 7 nitrogen and oxygen atoms in total. The first-order valence-electron chi connectivity index (χ1n) is 3.98. The van der Waals surface area contributed by atoms with E-state index in [4.69, 9.17) is 0 Å². The molecule has 0 N–H and O–H groups in total. The third-order valence-electron chi connectivity index (χ3n) is 1.38. The van der Waals surface area contributed by atoms with Gasteiger partial charge in [0, 0.05) is 12.2 Å². The predicted molar refractivity (Wildman–Crippen MR) is 50.6 cm³/mol. The van der Waals surface area contributed by atoms with E-state index in [0.29, 0.717) is 12.3 Å². The third-order valence-corrected chi connectivity index (χ3v) is 2.29. The van der Waals surface area contributed by atoms with Crippen LogP contribution in [0.3, 0.4) is 0 Å². The molecule has 0 bridgehead atoms. The van der Waals surface area contributed by atoms with E-state index in [9.17, 15) is 9.70 Å². The summed E-state index contributed by atoms with van der Waals surface area (Å²) in [6.45, 7) is 0.634. The Hall–Kier alpha value is -1.31. The molecule has 0 aliphatic carbocycles. The Labute approximate surface area is 84.2 Å². The van der Waals surface area contributed by atoms with Crippen molar-refractivity contribution in [3.63, 3.8) is 0 Å². The number of nitroso groups, excluding NO2 is 1. The maximum absolute atomic E-state index is 11.0. The van der Waals surface area contributed by atoms with Crippen LogP contribution in [-0.4, -0.2) is 37.6 Å². The highest BCUT2D eigenvalue weighted by molar-refractivity contribution is 8.13. The maximum Gasteiger partial charge on any atom is 0.190 e. The first kappa shape index (κ1) is 10.8. The fourth-order valence-corrected chi connectivity index (χ4v) is 1.49. The largest absolute Gasteiger partial charge is 0.287 e. The van der Waals surface area contributed by atoms with Gasteiger partial charge in [-0.25, -0.2) is 4.68 Å². The summed E-state index contributed by atoms with van der Waals surface area (Å²) in [5.74, 6) is 0.600. The lowest BCUT2D eigenvalue weighted by Gasteiger charge is -1.97. The average molecular weight is 215 g/mol. The Morgan fingerprint density at radius 1 is 1.57 bits per heavy atom. The summed E-state index contributed by atoms with van der Waals surface area (Å²) in [5.41, 5.74) is 0. The minimum atomic E-state index is -0.0299. The van der Waals surface area contributed by atoms with Gasteiger partial charge < -0.3 is 0 Å². The number of thioether (sulfide) groups is 1. The Bertz CT molecular complexity index is 288. The first-order chi connectivity index (χ1) is 6.83. The van der Waals surface area contributed by atoms with Crippen molar-refractivity contribution >= 4 is 16.9 Å². The monoisotopic (exact) mass is 215 g/mol. The Morgan fingerprint density at radius 3 is 3.07 bits per heavy atom. The van der Waals surface area contributed by atoms with Crippen molar-refractivity contribution in [3.8, 4) is 0 Å². The van der Waals surface area contributed by atoms with E-state index in [1.165, 1.54) is 11.0 Å². The minimum Gasteiger partial charge on any atom is -0.287 e. The van der Waals surface area contributed by atoms with Gasteiger partial charge in [-0.15, -0.1) is 5.10 Å². The van der Waals surface area contributed by atoms with Crippen molar-refractivity contribution in [2.75, 3.05) is 12.3 Å².